The molecule has 0 aliphatic carbocycles. The summed E-state index contributed by atoms with van der Waals surface area (Å²) in [6.45, 7) is 9.32. The second-order valence-electron chi connectivity index (χ2n) is 4.12. The van der Waals surface area contributed by atoms with Crippen molar-refractivity contribution >= 4 is 47.0 Å². The molecule has 0 heterocycles. The van der Waals surface area contributed by atoms with Gasteiger partial charge in [0, 0.05) is 0 Å². The molecule has 0 saturated carbocycles. The van der Waals surface area contributed by atoms with E-state index in [4.69, 9.17) is 0 Å². The zero-order valence-electron chi connectivity index (χ0n) is 9.17. The van der Waals surface area contributed by atoms with E-state index in [1.165, 1.54) is 0 Å². The molecule has 0 nitrogen and oxygen atoms in total. The molecule has 0 unspecified atom stereocenters. The van der Waals surface area contributed by atoms with Gasteiger partial charge in [0.15, 0.2) is 0 Å². The average molecular weight is 352 g/mol. The molecule has 0 aromatic heterocycles. The van der Waals surface area contributed by atoms with Gasteiger partial charge in [0.1, 0.15) is 15.2 Å². The van der Waals surface area contributed by atoms with Gasteiger partial charge in [0.2, 0.25) is 0 Å². The highest BCUT2D eigenvalue weighted by Crippen LogP contribution is 2.17. The molecule has 78 valence electrons. The van der Waals surface area contributed by atoms with Crippen LogP contribution in [0.5, 0.6) is 0 Å². The Morgan fingerprint density at radius 1 is 0.786 bits per heavy atom. The lowest BCUT2D eigenvalue weighted by atomic mass is 10.8. The van der Waals surface area contributed by atoms with Crippen LogP contribution in [-0.2, 0) is 0 Å². The normalized spacial score (nSPS) is 11.0. The van der Waals surface area contributed by atoms with Crippen molar-refractivity contribution < 1.29 is 0 Å². The first kappa shape index (κ1) is 14.5. The summed E-state index contributed by atoms with van der Waals surface area (Å²) in [5, 5.41) is 1.56. The van der Waals surface area contributed by atoms with Gasteiger partial charge in [-0.1, -0.05) is 69.9 Å². The van der Waals surface area contributed by atoms with E-state index < -0.39 is 15.2 Å². The van der Waals surface area contributed by atoms with E-state index >= 15 is 0 Å². The molecule has 0 aromatic carbocycles. The molecule has 0 aliphatic rings. The molecule has 14 heavy (non-hydrogen) atoms. The Kier molecular flexibility index (Phi) is 6.40. The Morgan fingerprint density at radius 2 is 1.07 bits per heavy atom. The maximum absolute atomic E-state index is 3.44. The average Bonchev–Trinajstić information content (AvgIpc) is 2.11. The summed E-state index contributed by atoms with van der Waals surface area (Å²) in [5.74, 6) is 6.31. The topological polar surface area (TPSA) is 0 Å². The maximum atomic E-state index is 3.44. The quantitative estimate of drug-likeness (QED) is 0.386. The standard InChI is InChI=1S/C10H16Br2Si2/c1-13(2,9-5-7-11)14(3,4)10-6-8-12/h7-8H2,1-4H3. The van der Waals surface area contributed by atoms with Crippen LogP contribution in [0.4, 0.5) is 0 Å². The van der Waals surface area contributed by atoms with Crippen molar-refractivity contribution in [3.05, 3.63) is 0 Å². The fraction of sp³-hybridized carbons (Fsp3) is 0.600. The summed E-state index contributed by atoms with van der Waals surface area (Å²) < 4.78 is 0. The Balaban J connectivity index is 4.86. The molecule has 0 amide bonds. The molecule has 0 atom stereocenters. The first-order valence-corrected chi connectivity index (χ1v) is 13.7. The van der Waals surface area contributed by atoms with Crippen LogP contribution in [0, 0.1) is 22.9 Å². The fourth-order valence-electron chi connectivity index (χ4n) is 0.821. The van der Waals surface area contributed by atoms with Gasteiger partial charge in [-0.05, 0) is 0 Å². The highest BCUT2D eigenvalue weighted by atomic mass is 79.9. The summed E-state index contributed by atoms with van der Waals surface area (Å²) in [6.07, 6.45) is 0. The summed E-state index contributed by atoms with van der Waals surface area (Å²) in [4.78, 5) is 0. The molecule has 0 aliphatic heterocycles. The van der Waals surface area contributed by atoms with Crippen LogP contribution in [0.2, 0.25) is 26.2 Å². The number of hydrogen-bond donors (Lipinski definition) is 0. The van der Waals surface area contributed by atoms with Crippen LogP contribution in [0.25, 0.3) is 0 Å². The summed E-state index contributed by atoms with van der Waals surface area (Å²) in [7, 11) is -2.87. The van der Waals surface area contributed by atoms with Crippen molar-refractivity contribution in [2.75, 3.05) is 10.7 Å². The van der Waals surface area contributed by atoms with Gasteiger partial charge in [-0.3, -0.25) is 0 Å². The predicted octanol–water partition coefficient (Wildman–Crippen LogP) is 3.36. The third-order valence-corrected chi connectivity index (χ3v) is 17.9. The first-order chi connectivity index (χ1) is 6.37. The lowest BCUT2D eigenvalue weighted by Gasteiger charge is -2.28. The van der Waals surface area contributed by atoms with Crippen molar-refractivity contribution in [2.24, 2.45) is 0 Å². The molecule has 0 rings (SSSR count). The fourth-order valence-corrected chi connectivity index (χ4v) is 5.71. The summed E-state index contributed by atoms with van der Waals surface area (Å²) >= 11 is 6.68. The number of rotatable bonds is 1. The number of alkyl halides is 2. The van der Waals surface area contributed by atoms with Gasteiger partial charge in [-0.15, -0.1) is 11.1 Å². The molecular weight excluding hydrogens is 336 g/mol. The minimum Gasteiger partial charge on any atom is -0.133 e. The van der Waals surface area contributed by atoms with E-state index in [-0.39, 0.29) is 0 Å². The zero-order chi connectivity index (χ0) is 11.2. The zero-order valence-corrected chi connectivity index (χ0v) is 14.3. The Bertz CT molecular complexity index is 268. The number of hydrogen-bond acceptors (Lipinski definition) is 0. The van der Waals surface area contributed by atoms with Gasteiger partial charge in [-0.2, -0.15) is 0 Å². The van der Waals surface area contributed by atoms with E-state index in [0.717, 1.165) is 10.7 Å². The summed E-state index contributed by atoms with van der Waals surface area (Å²) in [5.41, 5.74) is 6.89. The van der Waals surface area contributed by atoms with Crippen LogP contribution >= 0.6 is 31.9 Å². The van der Waals surface area contributed by atoms with Gasteiger partial charge in [0.25, 0.3) is 0 Å². The van der Waals surface area contributed by atoms with Gasteiger partial charge < -0.3 is 0 Å². The summed E-state index contributed by atoms with van der Waals surface area (Å²) in [6, 6.07) is 0. The van der Waals surface area contributed by atoms with Crippen molar-refractivity contribution in [3.8, 4) is 22.9 Å². The third-order valence-electron chi connectivity index (χ3n) is 2.50. The van der Waals surface area contributed by atoms with E-state index in [2.05, 4.69) is 81.0 Å². The number of halogens is 2. The van der Waals surface area contributed by atoms with Crippen LogP contribution in [0.1, 0.15) is 0 Å². The van der Waals surface area contributed by atoms with E-state index in [0.29, 0.717) is 0 Å². The van der Waals surface area contributed by atoms with Crippen LogP contribution < -0.4 is 0 Å². The minimum absolute atomic E-state index is 0.778. The van der Waals surface area contributed by atoms with E-state index in [9.17, 15) is 0 Å². The molecule has 0 aromatic rings. The lowest BCUT2D eigenvalue weighted by molar-refractivity contribution is 1.83. The van der Waals surface area contributed by atoms with E-state index in [1.54, 1.807) is 0 Å². The highest BCUT2D eigenvalue weighted by molar-refractivity contribution is 9.09. The molecule has 4 heteroatoms. The predicted molar refractivity (Wildman–Crippen MR) is 78.1 cm³/mol. The Labute approximate surface area is 106 Å². The SMILES string of the molecule is C[Si](C)(C#CCBr)[Si](C)(C)C#CCBr. The van der Waals surface area contributed by atoms with E-state index in [1.807, 2.05) is 0 Å². The molecule has 0 fully saturated rings. The lowest BCUT2D eigenvalue weighted by Crippen LogP contribution is -2.53. The van der Waals surface area contributed by atoms with Gasteiger partial charge in [0.05, 0.1) is 10.7 Å². The Morgan fingerprint density at radius 3 is 1.29 bits per heavy atom. The van der Waals surface area contributed by atoms with Gasteiger partial charge in [-0.25, -0.2) is 0 Å². The maximum Gasteiger partial charge on any atom is 0.138 e. The van der Waals surface area contributed by atoms with Gasteiger partial charge >= 0.3 is 0 Å². The smallest absolute Gasteiger partial charge is 0.133 e. The van der Waals surface area contributed by atoms with Crippen LogP contribution in [0.15, 0.2) is 0 Å². The van der Waals surface area contributed by atoms with Crippen molar-refractivity contribution in [1.29, 1.82) is 0 Å². The van der Waals surface area contributed by atoms with Crippen LogP contribution in [-0.4, -0.2) is 25.8 Å². The molecule has 0 saturated heterocycles. The third kappa shape index (κ3) is 4.36. The minimum atomic E-state index is -1.44. The molecule has 0 spiro atoms. The molecule has 0 bridgehead atoms. The van der Waals surface area contributed by atoms with Crippen molar-refractivity contribution in [2.45, 2.75) is 26.2 Å². The molecule has 0 radical (unpaired) electrons. The molecular formula is C10H16Br2Si2. The van der Waals surface area contributed by atoms with Crippen LogP contribution in [0.3, 0.4) is 0 Å². The first-order valence-electron chi connectivity index (χ1n) is 4.49. The molecule has 0 N–H and O–H groups in total. The Hall–Kier alpha value is 0.514. The van der Waals surface area contributed by atoms with Crippen molar-refractivity contribution in [3.63, 3.8) is 0 Å². The second-order valence-corrected chi connectivity index (χ2v) is 19.7. The monoisotopic (exact) mass is 350 g/mol. The van der Waals surface area contributed by atoms with Crippen molar-refractivity contribution in [1.82, 2.24) is 0 Å². The second kappa shape index (κ2) is 6.17. The highest BCUT2D eigenvalue weighted by Gasteiger charge is 2.39. The largest absolute Gasteiger partial charge is 0.138 e.